The molecule has 1 unspecified atom stereocenters. The van der Waals surface area contributed by atoms with Gasteiger partial charge in [0.1, 0.15) is 11.4 Å². The van der Waals surface area contributed by atoms with E-state index in [1.807, 2.05) is 6.92 Å². The van der Waals surface area contributed by atoms with Crippen LogP contribution in [0, 0.1) is 6.92 Å². The average molecular weight is 270 g/mol. The fourth-order valence-electron chi connectivity index (χ4n) is 2.08. The number of hydrogen-bond donors (Lipinski definition) is 2. The third-order valence-corrected chi connectivity index (χ3v) is 3.64. The first-order chi connectivity index (χ1) is 9.60. The summed E-state index contributed by atoms with van der Waals surface area (Å²) in [6, 6.07) is 12.0. The molecule has 1 aromatic heterocycles. The van der Waals surface area contributed by atoms with Crippen molar-refractivity contribution >= 4 is 5.69 Å². The van der Waals surface area contributed by atoms with Gasteiger partial charge in [-0.1, -0.05) is 26.0 Å². The number of rotatable bonds is 5. The Labute approximate surface area is 120 Å². The number of aryl methyl sites for hydroxylation is 1. The summed E-state index contributed by atoms with van der Waals surface area (Å²) < 4.78 is 0. The molecular weight excluding hydrogens is 248 g/mol. The minimum Gasteiger partial charge on any atom is -0.506 e. The third kappa shape index (κ3) is 3.50. The Morgan fingerprint density at radius 2 is 1.85 bits per heavy atom. The Morgan fingerprint density at radius 3 is 2.50 bits per heavy atom. The molecule has 2 N–H and O–H groups in total. The van der Waals surface area contributed by atoms with Crippen molar-refractivity contribution in [2.75, 3.05) is 5.32 Å². The van der Waals surface area contributed by atoms with E-state index in [9.17, 15) is 5.11 Å². The van der Waals surface area contributed by atoms with Crippen LogP contribution in [0.3, 0.4) is 0 Å². The van der Waals surface area contributed by atoms with Crippen LogP contribution >= 0.6 is 0 Å². The van der Waals surface area contributed by atoms with E-state index in [1.165, 1.54) is 5.56 Å². The van der Waals surface area contributed by atoms with Crippen molar-refractivity contribution in [3.63, 3.8) is 0 Å². The first kappa shape index (κ1) is 14.4. The van der Waals surface area contributed by atoms with Crippen molar-refractivity contribution < 1.29 is 5.11 Å². The largest absolute Gasteiger partial charge is 0.506 e. The fourth-order valence-corrected chi connectivity index (χ4v) is 2.08. The Morgan fingerprint density at radius 1 is 1.15 bits per heavy atom. The quantitative estimate of drug-likeness (QED) is 0.855. The predicted molar refractivity (Wildman–Crippen MR) is 83.1 cm³/mol. The highest BCUT2D eigenvalue weighted by Crippen LogP contribution is 2.21. The van der Waals surface area contributed by atoms with Crippen molar-refractivity contribution in [2.24, 2.45) is 0 Å². The van der Waals surface area contributed by atoms with E-state index >= 15 is 0 Å². The van der Waals surface area contributed by atoms with Crippen molar-refractivity contribution in [1.82, 2.24) is 4.98 Å². The van der Waals surface area contributed by atoms with E-state index in [1.54, 1.807) is 12.1 Å². The van der Waals surface area contributed by atoms with Crippen molar-refractivity contribution in [3.8, 4) is 5.75 Å². The fraction of sp³-hybridized carbons (Fsp3) is 0.353. The average Bonchev–Trinajstić information content (AvgIpc) is 2.48. The Hall–Kier alpha value is -2.03. The van der Waals surface area contributed by atoms with E-state index < -0.39 is 0 Å². The lowest BCUT2D eigenvalue weighted by Gasteiger charge is -2.11. The number of anilines is 1. The summed E-state index contributed by atoms with van der Waals surface area (Å²) in [6.07, 6.45) is 1.15. The lowest BCUT2D eigenvalue weighted by molar-refractivity contribution is 0.464. The normalized spacial score (nSPS) is 12.2. The maximum Gasteiger partial charge on any atom is 0.138 e. The van der Waals surface area contributed by atoms with Crippen LogP contribution in [0.5, 0.6) is 5.75 Å². The molecule has 0 amide bonds. The van der Waals surface area contributed by atoms with Gasteiger partial charge in [-0.2, -0.15) is 0 Å². The highest BCUT2D eigenvalue weighted by atomic mass is 16.3. The number of hydrogen-bond acceptors (Lipinski definition) is 3. The lowest BCUT2D eigenvalue weighted by Crippen LogP contribution is -2.03. The summed E-state index contributed by atoms with van der Waals surface area (Å²) in [6.45, 7) is 6.88. The zero-order chi connectivity index (χ0) is 14.5. The maximum atomic E-state index is 9.76. The second kappa shape index (κ2) is 6.42. The van der Waals surface area contributed by atoms with E-state index in [-0.39, 0.29) is 5.75 Å². The Balaban J connectivity index is 2.02. The van der Waals surface area contributed by atoms with Crippen LogP contribution in [0.25, 0.3) is 0 Å². The number of benzene rings is 1. The SMILES string of the molecule is CCC(C)c1ccc(NCc2nc(C)ccc2O)cc1. The Bertz CT molecular complexity index is 564. The molecule has 3 heteroatoms. The molecule has 0 spiro atoms. The summed E-state index contributed by atoms with van der Waals surface area (Å²) in [5, 5.41) is 13.0. The van der Waals surface area contributed by atoms with Gasteiger partial charge >= 0.3 is 0 Å². The zero-order valence-electron chi connectivity index (χ0n) is 12.4. The summed E-state index contributed by atoms with van der Waals surface area (Å²) in [7, 11) is 0. The van der Waals surface area contributed by atoms with Gasteiger partial charge in [0.2, 0.25) is 0 Å². The van der Waals surface area contributed by atoms with Crippen molar-refractivity contribution in [2.45, 2.75) is 39.7 Å². The van der Waals surface area contributed by atoms with E-state index in [0.29, 0.717) is 18.2 Å². The molecule has 20 heavy (non-hydrogen) atoms. The second-order valence-electron chi connectivity index (χ2n) is 5.20. The summed E-state index contributed by atoms with van der Waals surface area (Å²) >= 11 is 0. The van der Waals surface area contributed by atoms with Crippen LogP contribution in [0.1, 0.15) is 43.1 Å². The summed E-state index contributed by atoms with van der Waals surface area (Å²) in [4.78, 5) is 4.33. The number of pyridine rings is 1. The first-order valence-electron chi connectivity index (χ1n) is 7.09. The molecule has 0 aliphatic carbocycles. The minimum absolute atomic E-state index is 0.235. The highest BCUT2D eigenvalue weighted by Gasteiger charge is 2.04. The van der Waals surface area contributed by atoms with Gasteiger partial charge in [-0.05, 0) is 49.1 Å². The van der Waals surface area contributed by atoms with Crippen LogP contribution in [0.2, 0.25) is 0 Å². The van der Waals surface area contributed by atoms with Gasteiger partial charge in [0.05, 0.1) is 6.54 Å². The molecule has 1 heterocycles. The van der Waals surface area contributed by atoms with Crippen LogP contribution in [-0.2, 0) is 6.54 Å². The molecule has 2 aromatic rings. The first-order valence-corrected chi connectivity index (χ1v) is 7.09. The number of aromatic hydroxyl groups is 1. The molecule has 0 bridgehead atoms. The molecule has 3 nitrogen and oxygen atoms in total. The van der Waals surface area contributed by atoms with Gasteiger partial charge < -0.3 is 10.4 Å². The van der Waals surface area contributed by atoms with E-state index in [0.717, 1.165) is 17.8 Å². The predicted octanol–water partition coefficient (Wildman–Crippen LogP) is 4.22. The third-order valence-electron chi connectivity index (χ3n) is 3.64. The second-order valence-corrected chi connectivity index (χ2v) is 5.20. The maximum absolute atomic E-state index is 9.76. The topological polar surface area (TPSA) is 45.2 Å². The molecule has 1 atom stereocenters. The van der Waals surface area contributed by atoms with E-state index in [2.05, 4.69) is 48.4 Å². The Kier molecular flexibility index (Phi) is 4.61. The lowest BCUT2D eigenvalue weighted by atomic mass is 9.99. The van der Waals surface area contributed by atoms with Crippen molar-refractivity contribution in [1.29, 1.82) is 0 Å². The molecule has 0 fully saturated rings. The number of aromatic nitrogens is 1. The monoisotopic (exact) mass is 270 g/mol. The highest BCUT2D eigenvalue weighted by molar-refractivity contribution is 5.46. The zero-order valence-corrected chi connectivity index (χ0v) is 12.4. The molecule has 0 saturated heterocycles. The smallest absolute Gasteiger partial charge is 0.138 e. The summed E-state index contributed by atoms with van der Waals surface area (Å²) in [5.41, 5.74) is 3.98. The van der Waals surface area contributed by atoms with Gasteiger partial charge in [-0.3, -0.25) is 4.98 Å². The number of nitrogens with one attached hydrogen (secondary N) is 1. The summed E-state index contributed by atoms with van der Waals surface area (Å²) in [5.74, 6) is 0.825. The molecule has 0 aliphatic rings. The molecule has 2 rings (SSSR count). The molecule has 0 aliphatic heterocycles. The molecule has 106 valence electrons. The van der Waals surface area contributed by atoms with E-state index in [4.69, 9.17) is 0 Å². The van der Waals surface area contributed by atoms with Gasteiger partial charge in [0, 0.05) is 11.4 Å². The van der Waals surface area contributed by atoms with Crippen molar-refractivity contribution in [3.05, 3.63) is 53.3 Å². The van der Waals surface area contributed by atoms with Gasteiger partial charge in [-0.25, -0.2) is 0 Å². The molecule has 0 saturated carbocycles. The molecular formula is C17H22N2O. The minimum atomic E-state index is 0.235. The van der Waals surface area contributed by atoms with Crippen LogP contribution in [-0.4, -0.2) is 10.1 Å². The van der Waals surface area contributed by atoms with Crippen LogP contribution in [0.4, 0.5) is 5.69 Å². The van der Waals surface area contributed by atoms with Crippen LogP contribution < -0.4 is 5.32 Å². The van der Waals surface area contributed by atoms with Gasteiger partial charge in [0.25, 0.3) is 0 Å². The standard InChI is InChI=1S/C17H22N2O/c1-4-12(2)14-6-8-15(9-7-14)18-11-16-17(20)10-5-13(3)19-16/h5-10,12,18,20H,4,11H2,1-3H3. The number of nitrogens with zero attached hydrogens (tertiary/aromatic N) is 1. The van der Waals surface area contributed by atoms with Crippen LogP contribution in [0.15, 0.2) is 36.4 Å². The molecule has 1 aromatic carbocycles. The van der Waals surface area contributed by atoms with Gasteiger partial charge in [-0.15, -0.1) is 0 Å². The van der Waals surface area contributed by atoms with Gasteiger partial charge in [0.15, 0.2) is 0 Å². The molecule has 0 radical (unpaired) electrons.